The van der Waals surface area contributed by atoms with Crippen molar-refractivity contribution in [1.82, 2.24) is 15.1 Å². The first kappa shape index (κ1) is 12.3. The van der Waals surface area contributed by atoms with Crippen molar-refractivity contribution < 1.29 is 4.52 Å². The molecular weight excluding hydrogens is 252 g/mol. The largest absolute Gasteiger partial charge is 0.397 e. The maximum atomic E-state index is 5.60. The number of hydrogen-bond acceptors (Lipinski definition) is 5. The number of hydrogen-bond donors (Lipinski definition) is 1. The minimum absolute atomic E-state index is 0.409. The minimum Gasteiger partial charge on any atom is -0.397 e. The van der Waals surface area contributed by atoms with E-state index in [0.717, 1.165) is 5.56 Å². The van der Waals surface area contributed by atoms with E-state index in [4.69, 9.17) is 10.3 Å². The predicted molar refractivity (Wildman–Crippen MR) is 75.9 cm³/mol. The highest BCUT2D eigenvalue weighted by Gasteiger charge is 2.10. The van der Waals surface area contributed by atoms with Gasteiger partial charge in [-0.2, -0.15) is 4.98 Å². The fourth-order valence-corrected chi connectivity index (χ4v) is 1.85. The average Bonchev–Trinajstić information content (AvgIpc) is 2.91. The number of benzene rings is 1. The van der Waals surface area contributed by atoms with Crippen molar-refractivity contribution in [3.8, 4) is 11.6 Å². The zero-order valence-electron chi connectivity index (χ0n) is 11.1. The summed E-state index contributed by atoms with van der Waals surface area (Å²) in [6.07, 6.45) is 2.21. The Bertz CT molecular complexity index is 701. The first-order valence-electron chi connectivity index (χ1n) is 6.31. The van der Waals surface area contributed by atoms with Gasteiger partial charge in [0.15, 0.2) is 5.82 Å². The van der Waals surface area contributed by atoms with Gasteiger partial charge >= 0.3 is 0 Å². The highest BCUT2D eigenvalue weighted by molar-refractivity contribution is 5.50. The molecular formula is C15H14N4O. The van der Waals surface area contributed by atoms with Crippen LogP contribution in [0.25, 0.3) is 11.6 Å². The van der Waals surface area contributed by atoms with Gasteiger partial charge in [0.25, 0.3) is 5.89 Å². The molecule has 0 aliphatic rings. The van der Waals surface area contributed by atoms with E-state index in [9.17, 15) is 0 Å². The summed E-state index contributed by atoms with van der Waals surface area (Å²) in [6, 6.07) is 11.8. The molecule has 5 nitrogen and oxygen atoms in total. The van der Waals surface area contributed by atoms with Gasteiger partial charge in [-0.15, -0.1) is 0 Å². The summed E-state index contributed by atoms with van der Waals surface area (Å²) in [5.41, 5.74) is 9.20. The summed E-state index contributed by atoms with van der Waals surface area (Å²) < 4.78 is 5.22. The normalized spacial score (nSPS) is 10.7. The van der Waals surface area contributed by atoms with Crippen molar-refractivity contribution in [3.63, 3.8) is 0 Å². The molecule has 0 saturated carbocycles. The van der Waals surface area contributed by atoms with Gasteiger partial charge in [0.05, 0.1) is 11.9 Å². The van der Waals surface area contributed by atoms with Crippen LogP contribution in [0.1, 0.15) is 17.0 Å². The second-order valence-corrected chi connectivity index (χ2v) is 4.65. The zero-order valence-corrected chi connectivity index (χ0v) is 11.1. The number of rotatable bonds is 3. The van der Waals surface area contributed by atoms with Crippen LogP contribution in [0, 0.1) is 6.92 Å². The Morgan fingerprint density at radius 3 is 2.60 bits per heavy atom. The van der Waals surface area contributed by atoms with E-state index in [-0.39, 0.29) is 0 Å². The highest BCUT2D eigenvalue weighted by atomic mass is 16.5. The summed E-state index contributed by atoms with van der Waals surface area (Å²) in [7, 11) is 0. The van der Waals surface area contributed by atoms with Gasteiger partial charge in [-0.1, -0.05) is 35.0 Å². The molecule has 0 atom stereocenters. The summed E-state index contributed by atoms with van der Waals surface area (Å²) in [6.45, 7) is 2.06. The van der Waals surface area contributed by atoms with Crippen LogP contribution in [0.3, 0.4) is 0 Å². The lowest BCUT2D eigenvalue weighted by Crippen LogP contribution is -1.91. The molecule has 0 bridgehead atoms. The molecule has 2 aromatic heterocycles. The molecule has 0 aliphatic heterocycles. The van der Waals surface area contributed by atoms with Gasteiger partial charge in [-0.25, -0.2) is 4.98 Å². The number of nitrogens with two attached hydrogens (primary N) is 1. The quantitative estimate of drug-likeness (QED) is 0.788. The van der Waals surface area contributed by atoms with Gasteiger partial charge in [0.1, 0.15) is 5.69 Å². The van der Waals surface area contributed by atoms with Gasteiger partial charge in [0.2, 0.25) is 0 Å². The van der Waals surface area contributed by atoms with Crippen LogP contribution in [0.5, 0.6) is 0 Å². The van der Waals surface area contributed by atoms with E-state index < -0.39 is 0 Å². The molecule has 2 N–H and O–H groups in total. The second kappa shape index (κ2) is 5.13. The molecule has 0 radical (unpaired) electrons. The van der Waals surface area contributed by atoms with Crippen LogP contribution in [-0.2, 0) is 6.42 Å². The van der Waals surface area contributed by atoms with Crippen molar-refractivity contribution in [2.24, 2.45) is 0 Å². The molecule has 0 unspecified atom stereocenters. The van der Waals surface area contributed by atoms with Crippen molar-refractivity contribution >= 4 is 5.69 Å². The van der Waals surface area contributed by atoms with Gasteiger partial charge < -0.3 is 10.3 Å². The molecule has 3 aromatic rings. The average molecular weight is 266 g/mol. The van der Waals surface area contributed by atoms with Gasteiger partial charge in [-0.05, 0) is 24.6 Å². The maximum absolute atomic E-state index is 5.60. The number of aromatic nitrogens is 3. The number of anilines is 1. The smallest absolute Gasteiger partial charge is 0.276 e. The standard InChI is InChI=1S/C15H14N4O/c1-10-2-4-11(5-3-10)8-14-18-15(20-19-14)13-7-6-12(16)9-17-13/h2-7,9H,8,16H2,1H3. The SMILES string of the molecule is Cc1ccc(Cc2noc(-c3ccc(N)cn3)n2)cc1. The Hall–Kier alpha value is -2.69. The second-order valence-electron chi connectivity index (χ2n) is 4.65. The van der Waals surface area contributed by atoms with Crippen LogP contribution in [-0.4, -0.2) is 15.1 Å². The molecule has 0 amide bonds. The Labute approximate surface area is 116 Å². The molecule has 0 fully saturated rings. The lowest BCUT2D eigenvalue weighted by Gasteiger charge is -1.97. The van der Waals surface area contributed by atoms with Gasteiger partial charge in [-0.3, -0.25) is 0 Å². The molecule has 3 rings (SSSR count). The van der Waals surface area contributed by atoms with Crippen LogP contribution in [0.2, 0.25) is 0 Å². The third kappa shape index (κ3) is 2.66. The third-order valence-corrected chi connectivity index (χ3v) is 2.96. The Morgan fingerprint density at radius 1 is 1.10 bits per heavy atom. The summed E-state index contributed by atoms with van der Waals surface area (Å²) in [5, 5.41) is 3.98. The third-order valence-electron chi connectivity index (χ3n) is 2.96. The highest BCUT2D eigenvalue weighted by Crippen LogP contribution is 2.16. The summed E-state index contributed by atoms with van der Waals surface area (Å²) in [5.74, 6) is 1.05. The van der Waals surface area contributed by atoms with E-state index in [1.165, 1.54) is 5.56 Å². The lowest BCUT2D eigenvalue weighted by atomic mass is 10.1. The molecule has 5 heteroatoms. The van der Waals surface area contributed by atoms with Crippen LogP contribution in [0.4, 0.5) is 5.69 Å². The monoisotopic (exact) mass is 266 g/mol. The Kier molecular flexibility index (Phi) is 3.16. The van der Waals surface area contributed by atoms with E-state index in [0.29, 0.717) is 29.5 Å². The van der Waals surface area contributed by atoms with Crippen LogP contribution in [0.15, 0.2) is 47.1 Å². The molecule has 2 heterocycles. The predicted octanol–water partition coefficient (Wildman–Crippen LogP) is 2.61. The Balaban J connectivity index is 1.80. The minimum atomic E-state index is 0.409. The first-order valence-corrected chi connectivity index (χ1v) is 6.31. The van der Waals surface area contributed by atoms with Crippen molar-refractivity contribution in [3.05, 3.63) is 59.5 Å². The van der Waals surface area contributed by atoms with E-state index >= 15 is 0 Å². The van der Waals surface area contributed by atoms with Crippen LogP contribution < -0.4 is 5.73 Å². The fourth-order valence-electron chi connectivity index (χ4n) is 1.85. The van der Waals surface area contributed by atoms with Crippen LogP contribution >= 0.6 is 0 Å². The lowest BCUT2D eigenvalue weighted by molar-refractivity contribution is 0.422. The molecule has 100 valence electrons. The topological polar surface area (TPSA) is 77.8 Å². The van der Waals surface area contributed by atoms with E-state index in [1.54, 1.807) is 18.3 Å². The first-order chi connectivity index (χ1) is 9.70. The number of nitrogen functional groups attached to an aromatic ring is 1. The fraction of sp³-hybridized carbons (Fsp3) is 0.133. The molecule has 20 heavy (non-hydrogen) atoms. The Morgan fingerprint density at radius 2 is 1.90 bits per heavy atom. The molecule has 0 saturated heterocycles. The summed E-state index contributed by atoms with van der Waals surface area (Å²) in [4.78, 5) is 8.51. The number of pyridine rings is 1. The zero-order chi connectivity index (χ0) is 13.9. The number of aryl methyl sites for hydroxylation is 1. The summed E-state index contributed by atoms with van der Waals surface area (Å²) >= 11 is 0. The maximum Gasteiger partial charge on any atom is 0.276 e. The van der Waals surface area contributed by atoms with Crippen molar-refractivity contribution in [2.45, 2.75) is 13.3 Å². The van der Waals surface area contributed by atoms with Gasteiger partial charge in [0, 0.05) is 6.42 Å². The van der Waals surface area contributed by atoms with Crippen molar-refractivity contribution in [1.29, 1.82) is 0 Å². The van der Waals surface area contributed by atoms with Crippen molar-refractivity contribution in [2.75, 3.05) is 5.73 Å². The number of nitrogens with zero attached hydrogens (tertiary/aromatic N) is 3. The molecule has 1 aromatic carbocycles. The molecule has 0 aliphatic carbocycles. The van der Waals surface area contributed by atoms with E-state index in [2.05, 4.69) is 46.3 Å². The molecule has 0 spiro atoms. The van der Waals surface area contributed by atoms with E-state index in [1.807, 2.05) is 0 Å².